The number of nitrogens with one attached hydrogen (secondary N) is 1. The third kappa shape index (κ3) is 6.61. The van der Waals surface area contributed by atoms with E-state index < -0.39 is 0 Å². The minimum atomic E-state index is -0.0478. The highest BCUT2D eigenvalue weighted by Crippen LogP contribution is 2.08. The Morgan fingerprint density at radius 1 is 1.00 bits per heavy atom. The van der Waals surface area contributed by atoms with Crippen LogP contribution >= 0.6 is 0 Å². The zero-order valence-electron chi connectivity index (χ0n) is 12.4. The smallest absolute Gasteiger partial charge is 0.255 e. The molecular formula is C17H25NO. The van der Waals surface area contributed by atoms with Crippen molar-refractivity contribution in [3.05, 3.63) is 59.8 Å². The molecule has 0 aromatic heterocycles. The lowest BCUT2D eigenvalue weighted by atomic mass is 10.1. The fourth-order valence-corrected chi connectivity index (χ4v) is 1.50. The summed E-state index contributed by atoms with van der Waals surface area (Å²) in [5.41, 5.74) is 1.59. The van der Waals surface area contributed by atoms with Gasteiger partial charge in [0.25, 0.3) is 5.91 Å². The van der Waals surface area contributed by atoms with Gasteiger partial charge in [0.2, 0.25) is 0 Å². The van der Waals surface area contributed by atoms with E-state index in [0.29, 0.717) is 5.56 Å². The van der Waals surface area contributed by atoms with E-state index in [9.17, 15) is 4.79 Å². The second kappa shape index (κ2) is 11.3. The Balaban J connectivity index is 0.000000741. The van der Waals surface area contributed by atoms with Gasteiger partial charge in [-0.05, 0) is 31.1 Å². The van der Waals surface area contributed by atoms with Crippen LogP contribution < -0.4 is 5.32 Å². The summed E-state index contributed by atoms with van der Waals surface area (Å²) in [6.07, 6.45) is 8.12. The molecule has 0 unspecified atom stereocenters. The van der Waals surface area contributed by atoms with E-state index in [1.165, 1.54) is 0 Å². The third-order valence-electron chi connectivity index (χ3n) is 2.29. The predicted octanol–water partition coefficient (Wildman–Crippen LogP) is 4.70. The Hall–Kier alpha value is -1.83. The Labute approximate surface area is 117 Å². The van der Waals surface area contributed by atoms with Gasteiger partial charge in [0.1, 0.15) is 0 Å². The highest BCUT2D eigenvalue weighted by molar-refractivity contribution is 5.95. The minimum Gasteiger partial charge on any atom is -0.322 e. The van der Waals surface area contributed by atoms with Gasteiger partial charge in [-0.15, -0.1) is 0 Å². The molecule has 0 saturated heterocycles. The summed E-state index contributed by atoms with van der Waals surface area (Å²) in [4.78, 5) is 11.7. The molecule has 0 spiro atoms. The molecule has 0 fully saturated rings. The number of hydrogen-bond donors (Lipinski definition) is 1. The first-order chi connectivity index (χ1) is 9.36. The molecule has 1 N–H and O–H groups in total. The molecule has 0 saturated carbocycles. The number of amides is 1. The van der Waals surface area contributed by atoms with Crippen molar-refractivity contribution in [1.82, 2.24) is 5.32 Å². The molecule has 1 aliphatic rings. The summed E-state index contributed by atoms with van der Waals surface area (Å²) in [5.74, 6) is -0.0478. The summed E-state index contributed by atoms with van der Waals surface area (Å²) in [6, 6.07) is 9.24. The van der Waals surface area contributed by atoms with Crippen LogP contribution in [0.5, 0.6) is 0 Å². The molecule has 0 heterocycles. The molecule has 0 atom stereocenters. The van der Waals surface area contributed by atoms with Gasteiger partial charge in [-0.25, -0.2) is 0 Å². The molecule has 104 valence electrons. The number of carbonyl (C=O) groups is 1. The van der Waals surface area contributed by atoms with Gasteiger partial charge in [0.05, 0.1) is 0 Å². The van der Waals surface area contributed by atoms with Gasteiger partial charge in [0.15, 0.2) is 0 Å². The van der Waals surface area contributed by atoms with Crippen LogP contribution in [0.2, 0.25) is 0 Å². The lowest BCUT2D eigenvalue weighted by Crippen LogP contribution is -2.22. The Morgan fingerprint density at radius 3 is 2.16 bits per heavy atom. The first kappa shape index (κ1) is 17.2. The third-order valence-corrected chi connectivity index (χ3v) is 2.29. The van der Waals surface area contributed by atoms with Gasteiger partial charge in [0, 0.05) is 11.3 Å². The van der Waals surface area contributed by atoms with Crippen LogP contribution in [0.3, 0.4) is 0 Å². The minimum absolute atomic E-state index is 0.0478. The first-order valence-corrected chi connectivity index (χ1v) is 7.09. The summed E-state index contributed by atoms with van der Waals surface area (Å²) in [6.45, 7) is 8.00. The number of carbonyl (C=O) groups excluding carboxylic acids is 1. The molecule has 1 amide bonds. The number of benzene rings is 1. The van der Waals surface area contributed by atoms with Crippen molar-refractivity contribution in [1.29, 1.82) is 0 Å². The molecule has 0 bridgehead atoms. The highest BCUT2D eigenvalue weighted by atomic mass is 16.1. The van der Waals surface area contributed by atoms with Crippen LogP contribution in [0.15, 0.2) is 54.3 Å². The monoisotopic (exact) mass is 259 g/mol. The zero-order chi connectivity index (χ0) is 14.5. The standard InChI is InChI=1S/C13H13NO.2C2H6/c15-13(11-7-3-1-4-8-11)14-12-9-5-2-6-10-12;2*1-2/h1,3-5,7-10H,2,6H2,(H,14,15);2*1-2H3. The Morgan fingerprint density at radius 2 is 1.63 bits per heavy atom. The summed E-state index contributed by atoms with van der Waals surface area (Å²) in [7, 11) is 0. The summed E-state index contributed by atoms with van der Waals surface area (Å²) in [5, 5.41) is 2.87. The zero-order valence-corrected chi connectivity index (χ0v) is 12.4. The molecule has 1 aromatic carbocycles. The topological polar surface area (TPSA) is 29.1 Å². The molecule has 19 heavy (non-hydrogen) atoms. The van der Waals surface area contributed by atoms with E-state index in [1.807, 2.05) is 70.2 Å². The molecule has 2 nitrogen and oxygen atoms in total. The van der Waals surface area contributed by atoms with E-state index in [2.05, 4.69) is 11.4 Å². The molecule has 0 radical (unpaired) electrons. The van der Waals surface area contributed by atoms with Crippen LogP contribution in [-0.4, -0.2) is 5.91 Å². The summed E-state index contributed by atoms with van der Waals surface area (Å²) >= 11 is 0. The first-order valence-electron chi connectivity index (χ1n) is 7.09. The van der Waals surface area contributed by atoms with E-state index in [0.717, 1.165) is 18.5 Å². The quantitative estimate of drug-likeness (QED) is 0.819. The van der Waals surface area contributed by atoms with E-state index >= 15 is 0 Å². The fourth-order valence-electron chi connectivity index (χ4n) is 1.50. The normalized spacial score (nSPS) is 12.1. The second-order valence-electron chi connectivity index (χ2n) is 3.46. The van der Waals surface area contributed by atoms with Crippen LogP contribution in [0.25, 0.3) is 0 Å². The largest absolute Gasteiger partial charge is 0.322 e. The van der Waals surface area contributed by atoms with E-state index in [4.69, 9.17) is 0 Å². The van der Waals surface area contributed by atoms with Crippen LogP contribution in [0.4, 0.5) is 0 Å². The molecule has 2 rings (SSSR count). The molecule has 1 aliphatic carbocycles. The molecule has 2 heteroatoms. The van der Waals surface area contributed by atoms with Crippen LogP contribution in [-0.2, 0) is 0 Å². The lowest BCUT2D eigenvalue weighted by molar-refractivity contribution is 0.0967. The maximum absolute atomic E-state index is 11.7. The van der Waals surface area contributed by atoms with Crippen molar-refractivity contribution in [2.24, 2.45) is 0 Å². The predicted molar refractivity (Wildman–Crippen MR) is 83.1 cm³/mol. The van der Waals surface area contributed by atoms with Crippen molar-refractivity contribution in [2.45, 2.75) is 40.5 Å². The van der Waals surface area contributed by atoms with Gasteiger partial charge in [-0.1, -0.05) is 58.0 Å². The SMILES string of the molecule is CC.CC.O=C(NC1=CCCC=C1)c1ccccc1. The van der Waals surface area contributed by atoms with Crippen molar-refractivity contribution in [3.63, 3.8) is 0 Å². The van der Waals surface area contributed by atoms with Gasteiger partial charge in [-0.3, -0.25) is 4.79 Å². The van der Waals surface area contributed by atoms with E-state index in [1.54, 1.807) is 0 Å². The number of hydrogen-bond acceptors (Lipinski definition) is 1. The van der Waals surface area contributed by atoms with Gasteiger partial charge < -0.3 is 5.32 Å². The number of rotatable bonds is 2. The molecular weight excluding hydrogens is 234 g/mol. The fraction of sp³-hybridized carbons (Fsp3) is 0.353. The maximum Gasteiger partial charge on any atom is 0.255 e. The van der Waals surface area contributed by atoms with Crippen molar-refractivity contribution in [3.8, 4) is 0 Å². The highest BCUT2D eigenvalue weighted by Gasteiger charge is 2.05. The van der Waals surface area contributed by atoms with Crippen molar-refractivity contribution >= 4 is 5.91 Å². The maximum atomic E-state index is 11.7. The van der Waals surface area contributed by atoms with Crippen molar-refractivity contribution in [2.75, 3.05) is 0 Å². The molecule has 1 aromatic rings. The van der Waals surface area contributed by atoms with Crippen molar-refractivity contribution < 1.29 is 4.79 Å². The van der Waals surface area contributed by atoms with Crippen LogP contribution in [0, 0.1) is 0 Å². The van der Waals surface area contributed by atoms with Gasteiger partial charge in [-0.2, -0.15) is 0 Å². The van der Waals surface area contributed by atoms with Gasteiger partial charge >= 0.3 is 0 Å². The average molecular weight is 259 g/mol. The number of allylic oxidation sites excluding steroid dienone is 3. The van der Waals surface area contributed by atoms with E-state index in [-0.39, 0.29) is 5.91 Å². The second-order valence-corrected chi connectivity index (χ2v) is 3.46. The average Bonchev–Trinajstić information content (AvgIpc) is 2.53. The molecule has 0 aliphatic heterocycles. The lowest BCUT2D eigenvalue weighted by Gasteiger charge is -2.08. The Kier molecular flexibility index (Phi) is 10.2. The van der Waals surface area contributed by atoms with Crippen LogP contribution in [0.1, 0.15) is 50.9 Å². The summed E-state index contributed by atoms with van der Waals surface area (Å²) < 4.78 is 0. The Bertz CT molecular complexity index is 405.